The van der Waals surface area contributed by atoms with Gasteiger partial charge in [0.25, 0.3) is 5.91 Å². The molecular formula is C16H18BrN3O2S. The summed E-state index contributed by atoms with van der Waals surface area (Å²) in [6.45, 7) is 3.93. The number of halogens is 1. The van der Waals surface area contributed by atoms with Crippen molar-refractivity contribution in [2.45, 2.75) is 26.3 Å². The van der Waals surface area contributed by atoms with Crippen molar-refractivity contribution in [1.82, 2.24) is 9.88 Å². The van der Waals surface area contributed by atoms with Crippen molar-refractivity contribution in [3.63, 3.8) is 0 Å². The van der Waals surface area contributed by atoms with Crippen LogP contribution in [-0.4, -0.2) is 34.3 Å². The summed E-state index contributed by atoms with van der Waals surface area (Å²) in [5, 5.41) is 5.04. The van der Waals surface area contributed by atoms with E-state index in [0.29, 0.717) is 10.7 Å². The Morgan fingerprint density at radius 3 is 2.83 bits per heavy atom. The number of hydrogen-bond acceptors (Lipinski definition) is 4. The maximum atomic E-state index is 12.7. The molecule has 1 aromatic heterocycles. The number of nitrogens with one attached hydrogen (secondary N) is 1. The molecule has 1 heterocycles. The van der Waals surface area contributed by atoms with Gasteiger partial charge in [-0.1, -0.05) is 28.9 Å². The molecule has 23 heavy (non-hydrogen) atoms. The van der Waals surface area contributed by atoms with E-state index in [9.17, 15) is 9.59 Å². The first-order chi connectivity index (χ1) is 11.0. The van der Waals surface area contributed by atoms with E-state index in [1.54, 1.807) is 28.6 Å². The van der Waals surface area contributed by atoms with Gasteiger partial charge in [0.15, 0.2) is 5.13 Å². The average molecular weight is 396 g/mol. The Balaban J connectivity index is 2.13. The van der Waals surface area contributed by atoms with Crippen molar-refractivity contribution in [3.8, 4) is 0 Å². The van der Waals surface area contributed by atoms with Crippen molar-refractivity contribution >= 4 is 44.2 Å². The standard InChI is InChI=1S/C16H18BrN3O2S/c1-3-11(2)20(10-14(21)19-16-18-7-8-23-16)15(22)12-5-4-6-13(17)9-12/h4-9,11H,3,10H2,1-2H3,(H,18,19,21). The van der Waals surface area contributed by atoms with E-state index in [4.69, 9.17) is 0 Å². The van der Waals surface area contributed by atoms with E-state index in [2.05, 4.69) is 26.2 Å². The summed E-state index contributed by atoms with van der Waals surface area (Å²) in [4.78, 5) is 30.6. The van der Waals surface area contributed by atoms with Gasteiger partial charge in [-0.3, -0.25) is 9.59 Å². The Morgan fingerprint density at radius 1 is 1.43 bits per heavy atom. The molecule has 2 rings (SSSR count). The van der Waals surface area contributed by atoms with E-state index in [0.717, 1.165) is 10.9 Å². The van der Waals surface area contributed by atoms with Crippen LogP contribution in [0.2, 0.25) is 0 Å². The lowest BCUT2D eigenvalue weighted by Crippen LogP contribution is -2.43. The molecule has 0 aliphatic carbocycles. The van der Waals surface area contributed by atoms with Crippen LogP contribution >= 0.6 is 27.3 Å². The van der Waals surface area contributed by atoms with Crippen LogP contribution in [0, 0.1) is 0 Å². The van der Waals surface area contributed by atoms with Gasteiger partial charge in [0.05, 0.1) is 0 Å². The number of aromatic nitrogens is 1. The number of anilines is 1. The van der Waals surface area contributed by atoms with Gasteiger partial charge >= 0.3 is 0 Å². The Kier molecular flexibility index (Phi) is 6.29. The number of thiazole rings is 1. The second-order valence-electron chi connectivity index (χ2n) is 5.09. The molecule has 0 spiro atoms. The molecule has 2 amide bonds. The predicted molar refractivity (Wildman–Crippen MR) is 95.7 cm³/mol. The fourth-order valence-corrected chi connectivity index (χ4v) is 2.98. The van der Waals surface area contributed by atoms with E-state index in [1.165, 1.54) is 11.3 Å². The van der Waals surface area contributed by atoms with E-state index < -0.39 is 0 Å². The van der Waals surface area contributed by atoms with Gasteiger partial charge in [-0.2, -0.15) is 0 Å². The zero-order valence-corrected chi connectivity index (χ0v) is 15.4. The highest BCUT2D eigenvalue weighted by Crippen LogP contribution is 2.16. The topological polar surface area (TPSA) is 62.3 Å². The quantitative estimate of drug-likeness (QED) is 0.808. The second kappa shape index (κ2) is 8.21. The summed E-state index contributed by atoms with van der Waals surface area (Å²) in [6.07, 6.45) is 2.39. The van der Waals surface area contributed by atoms with Crippen molar-refractivity contribution in [2.75, 3.05) is 11.9 Å². The van der Waals surface area contributed by atoms with Crippen molar-refractivity contribution in [1.29, 1.82) is 0 Å². The Labute approximate surface area is 147 Å². The summed E-state index contributed by atoms with van der Waals surface area (Å²) < 4.78 is 0.833. The predicted octanol–water partition coefficient (Wildman–Crippen LogP) is 3.79. The fourth-order valence-electron chi connectivity index (χ4n) is 2.03. The maximum absolute atomic E-state index is 12.7. The summed E-state index contributed by atoms with van der Waals surface area (Å²) in [5.41, 5.74) is 0.557. The minimum atomic E-state index is -0.247. The first-order valence-corrected chi connectivity index (χ1v) is 8.94. The summed E-state index contributed by atoms with van der Waals surface area (Å²) in [7, 11) is 0. The van der Waals surface area contributed by atoms with Crippen molar-refractivity contribution in [3.05, 3.63) is 45.9 Å². The van der Waals surface area contributed by atoms with Crippen LogP contribution in [-0.2, 0) is 4.79 Å². The molecular weight excluding hydrogens is 378 g/mol. The van der Waals surface area contributed by atoms with Crippen LogP contribution in [0.4, 0.5) is 5.13 Å². The second-order valence-corrected chi connectivity index (χ2v) is 6.90. The molecule has 0 fully saturated rings. The lowest BCUT2D eigenvalue weighted by atomic mass is 10.1. The molecule has 0 aliphatic rings. The number of benzene rings is 1. The minimum Gasteiger partial charge on any atom is -0.327 e. The third-order valence-electron chi connectivity index (χ3n) is 3.45. The Hall–Kier alpha value is -1.73. The molecule has 2 aromatic rings. The maximum Gasteiger partial charge on any atom is 0.254 e. The zero-order chi connectivity index (χ0) is 16.8. The lowest BCUT2D eigenvalue weighted by molar-refractivity contribution is -0.117. The van der Waals surface area contributed by atoms with Crippen molar-refractivity contribution < 1.29 is 9.59 Å². The number of carbonyl (C=O) groups is 2. The van der Waals surface area contributed by atoms with Gasteiger partial charge in [-0.25, -0.2) is 4.98 Å². The summed E-state index contributed by atoms with van der Waals surface area (Å²) >= 11 is 4.71. The highest BCUT2D eigenvalue weighted by atomic mass is 79.9. The molecule has 1 unspecified atom stereocenters. The number of amides is 2. The Bertz CT molecular complexity index is 676. The number of rotatable bonds is 6. The van der Waals surface area contributed by atoms with Gasteiger partial charge < -0.3 is 10.2 Å². The number of carbonyl (C=O) groups excluding carboxylic acids is 2. The third-order valence-corrected chi connectivity index (χ3v) is 4.63. The van der Waals surface area contributed by atoms with Crippen LogP contribution in [0.1, 0.15) is 30.6 Å². The van der Waals surface area contributed by atoms with Crippen molar-refractivity contribution in [2.24, 2.45) is 0 Å². The van der Waals surface area contributed by atoms with Crippen LogP contribution in [0.15, 0.2) is 40.3 Å². The molecule has 0 radical (unpaired) electrons. The van der Waals surface area contributed by atoms with Gasteiger partial charge in [0, 0.05) is 27.7 Å². The SMILES string of the molecule is CCC(C)N(CC(=O)Nc1nccs1)C(=O)c1cccc(Br)c1. The van der Waals surface area contributed by atoms with E-state index in [1.807, 2.05) is 26.0 Å². The van der Waals surface area contributed by atoms with Gasteiger partial charge in [-0.05, 0) is 31.5 Å². The zero-order valence-electron chi connectivity index (χ0n) is 13.0. The largest absolute Gasteiger partial charge is 0.327 e. The minimum absolute atomic E-state index is 0.0000661. The molecule has 1 atom stereocenters. The first-order valence-electron chi connectivity index (χ1n) is 7.27. The molecule has 5 nitrogen and oxygen atoms in total. The van der Waals surface area contributed by atoms with Gasteiger partial charge in [0.1, 0.15) is 6.54 Å². The highest BCUT2D eigenvalue weighted by molar-refractivity contribution is 9.10. The molecule has 0 saturated heterocycles. The molecule has 1 N–H and O–H groups in total. The smallest absolute Gasteiger partial charge is 0.254 e. The summed E-state index contributed by atoms with van der Waals surface area (Å²) in [6, 6.07) is 7.14. The third kappa shape index (κ3) is 4.87. The molecule has 0 aliphatic heterocycles. The lowest BCUT2D eigenvalue weighted by Gasteiger charge is -2.28. The molecule has 7 heteroatoms. The molecule has 122 valence electrons. The fraction of sp³-hybridized carbons (Fsp3) is 0.312. The first kappa shape index (κ1) is 17.6. The Morgan fingerprint density at radius 2 is 2.22 bits per heavy atom. The average Bonchev–Trinajstić information content (AvgIpc) is 3.04. The number of nitrogens with zero attached hydrogens (tertiary/aromatic N) is 2. The molecule has 0 saturated carbocycles. The number of hydrogen-bond donors (Lipinski definition) is 1. The van der Waals surface area contributed by atoms with Crippen LogP contribution in [0.3, 0.4) is 0 Å². The van der Waals surface area contributed by atoms with Gasteiger partial charge in [0.2, 0.25) is 5.91 Å². The highest BCUT2D eigenvalue weighted by Gasteiger charge is 2.23. The van der Waals surface area contributed by atoms with E-state index >= 15 is 0 Å². The monoisotopic (exact) mass is 395 g/mol. The molecule has 0 bridgehead atoms. The molecule has 1 aromatic carbocycles. The van der Waals surface area contributed by atoms with Crippen LogP contribution in [0.25, 0.3) is 0 Å². The van der Waals surface area contributed by atoms with Gasteiger partial charge in [-0.15, -0.1) is 11.3 Å². The van der Waals surface area contributed by atoms with Crippen LogP contribution < -0.4 is 5.32 Å². The van der Waals surface area contributed by atoms with Crippen LogP contribution in [0.5, 0.6) is 0 Å². The normalized spacial score (nSPS) is 11.8. The van der Waals surface area contributed by atoms with E-state index in [-0.39, 0.29) is 24.4 Å². The summed E-state index contributed by atoms with van der Waals surface area (Å²) in [5.74, 6) is -0.404.